The van der Waals surface area contributed by atoms with E-state index in [4.69, 9.17) is 24.1 Å². The highest BCUT2D eigenvalue weighted by molar-refractivity contribution is 6.09. The minimum absolute atomic E-state index is 0.00363. The highest BCUT2D eigenvalue weighted by atomic mass is 16.5. The molecule has 0 atom stereocenters. The molecule has 3 aromatic heterocycles. The third-order valence-electron chi connectivity index (χ3n) is 17.5. The van der Waals surface area contributed by atoms with E-state index < -0.39 is 23.9 Å². The first-order valence-electron chi connectivity index (χ1n) is 35.2. The Morgan fingerprint density at radius 1 is 0.370 bits per heavy atom. The van der Waals surface area contributed by atoms with Crippen LogP contribution in [0.5, 0.6) is 17.2 Å². The standard InChI is InChI=1S/C28H33NO6.C28H33NO5.C26H31NO4/c1-3-4-5-6-7-8-9-20-10-13-23(14-11-20)35-19-22(30)17-29-18-25(28(33)34-2)24-16-21(27(31)32)12-15-26(24)29;1-3-4-5-6-7-8-9-21-10-13-24(14-11-21)34-19-23(31)17-29-18-26(20(2)30)25-16-22(28(32)33)12-15-27(25)29;1-2-3-4-5-6-7-8-20-9-12-24(13-10-20)31-19-23(28)18-27-16-15-21-17-22(26(29)30)11-14-25(21)27/h10-16,18H,3-9,17,19H2,1-2H3,(H,31,32);10-16,18H,3-9,17,19H2,1-2H3,(H,32,33);9-17H,2-8,18-19H2,1H3,(H,29,30). The Morgan fingerprint density at radius 2 is 0.700 bits per heavy atom. The fourth-order valence-corrected chi connectivity index (χ4v) is 11.9. The third kappa shape index (κ3) is 24.4. The van der Waals surface area contributed by atoms with Gasteiger partial charge in [-0.25, -0.2) is 19.2 Å². The SMILES string of the molecule is CCCCCCCCc1ccc(OCC(=O)Cn2cc(C(=O)OC)c3cc(C(=O)O)ccc32)cc1.CCCCCCCCc1ccc(OCC(=O)Cn2cc(C(C)=O)c3cc(C(=O)O)ccc32)cc1.CCCCCCCCc1ccc(OCC(=O)Cn2ccc3cc(C(=O)O)ccc32)cc1. The van der Waals surface area contributed by atoms with Crippen LogP contribution in [0, 0.1) is 0 Å². The van der Waals surface area contributed by atoms with Crippen LogP contribution in [0.15, 0.2) is 152 Å². The lowest BCUT2D eigenvalue weighted by molar-refractivity contribution is -0.122. The maximum Gasteiger partial charge on any atom is 0.340 e. The number of carbonyl (C=O) groups excluding carboxylic acids is 5. The molecule has 530 valence electrons. The average Bonchev–Trinajstić information content (AvgIpc) is 1.64. The van der Waals surface area contributed by atoms with E-state index in [1.54, 1.807) is 51.9 Å². The van der Waals surface area contributed by atoms with Crippen molar-refractivity contribution in [2.24, 2.45) is 0 Å². The van der Waals surface area contributed by atoms with Gasteiger partial charge < -0.3 is 48.0 Å². The molecule has 0 aliphatic rings. The summed E-state index contributed by atoms with van der Waals surface area (Å²) in [6.07, 6.45) is 31.0. The summed E-state index contributed by atoms with van der Waals surface area (Å²) in [5.74, 6) is -2.31. The van der Waals surface area contributed by atoms with Gasteiger partial charge in [-0.05, 0) is 159 Å². The van der Waals surface area contributed by atoms with Crippen LogP contribution in [0.4, 0.5) is 0 Å². The molecule has 0 fully saturated rings. The van der Waals surface area contributed by atoms with E-state index in [1.165, 1.54) is 177 Å². The third-order valence-corrected chi connectivity index (χ3v) is 17.5. The Labute approximate surface area is 586 Å². The summed E-state index contributed by atoms with van der Waals surface area (Å²) in [5, 5.41) is 29.4. The largest absolute Gasteiger partial charge is 0.486 e. The number of aryl methyl sites for hydroxylation is 3. The lowest BCUT2D eigenvalue weighted by Gasteiger charge is -2.08. The first kappa shape index (κ1) is 77.3. The summed E-state index contributed by atoms with van der Waals surface area (Å²) in [6.45, 7) is 8.11. The van der Waals surface area contributed by atoms with E-state index in [2.05, 4.69) is 32.9 Å². The number of Topliss-reactive ketones (excluding diaryl/α,β-unsaturated/α-hetero) is 4. The molecule has 0 saturated heterocycles. The summed E-state index contributed by atoms with van der Waals surface area (Å²) in [4.78, 5) is 95.5. The second-order valence-corrected chi connectivity index (χ2v) is 25.5. The quantitative estimate of drug-likeness (QED) is 0.0183. The van der Waals surface area contributed by atoms with Crippen molar-refractivity contribution in [3.8, 4) is 17.2 Å². The molecule has 6 aromatic carbocycles. The molecule has 0 saturated carbocycles. The van der Waals surface area contributed by atoms with Crippen LogP contribution in [0.3, 0.4) is 0 Å². The van der Waals surface area contributed by atoms with Crippen molar-refractivity contribution in [2.45, 2.75) is 182 Å². The van der Waals surface area contributed by atoms with Gasteiger partial charge in [0.25, 0.3) is 0 Å². The van der Waals surface area contributed by atoms with Crippen molar-refractivity contribution in [1.29, 1.82) is 0 Å². The highest BCUT2D eigenvalue weighted by Crippen LogP contribution is 2.27. The lowest BCUT2D eigenvalue weighted by atomic mass is 10.0. The molecule has 3 N–H and O–H groups in total. The number of unbranched alkanes of at least 4 members (excludes halogenated alkanes) is 15. The molecule has 0 radical (unpaired) electrons. The predicted octanol–water partition coefficient (Wildman–Crippen LogP) is 17.7. The zero-order chi connectivity index (χ0) is 71.8. The van der Waals surface area contributed by atoms with Gasteiger partial charge in [0, 0.05) is 56.9 Å². The number of ketones is 4. The summed E-state index contributed by atoms with van der Waals surface area (Å²) in [6, 6.07) is 39.4. The van der Waals surface area contributed by atoms with Crippen LogP contribution < -0.4 is 14.2 Å². The topological polar surface area (TPSA) is 249 Å². The van der Waals surface area contributed by atoms with Crippen molar-refractivity contribution in [3.05, 3.63) is 197 Å². The maximum atomic E-state index is 12.6. The van der Waals surface area contributed by atoms with Gasteiger partial charge in [0.1, 0.15) is 37.1 Å². The van der Waals surface area contributed by atoms with Gasteiger partial charge in [0.15, 0.2) is 23.1 Å². The number of rotatable bonds is 41. The van der Waals surface area contributed by atoms with Crippen LogP contribution in [0.2, 0.25) is 0 Å². The van der Waals surface area contributed by atoms with Gasteiger partial charge in [0.05, 0.1) is 49.0 Å². The smallest absolute Gasteiger partial charge is 0.340 e. The first-order chi connectivity index (χ1) is 48.4. The number of ether oxygens (including phenoxy) is 4. The number of benzene rings is 6. The van der Waals surface area contributed by atoms with Crippen molar-refractivity contribution >= 4 is 79.7 Å². The number of nitrogens with zero attached hydrogens (tertiary/aromatic N) is 3. The molecule has 0 amide bonds. The Morgan fingerprint density at radius 3 is 1.06 bits per heavy atom. The normalized spacial score (nSPS) is 11.0. The van der Waals surface area contributed by atoms with Crippen molar-refractivity contribution in [1.82, 2.24) is 13.7 Å². The Hall–Kier alpha value is -10.1. The van der Waals surface area contributed by atoms with Gasteiger partial charge in [-0.2, -0.15) is 0 Å². The van der Waals surface area contributed by atoms with E-state index in [1.807, 2.05) is 71.3 Å². The Bertz CT molecular complexity index is 4160. The lowest BCUT2D eigenvalue weighted by Crippen LogP contribution is -2.17. The minimum atomic E-state index is -1.10. The molecular formula is C82H97N3O15. The van der Waals surface area contributed by atoms with E-state index in [-0.39, 0.29) is 84.8 Å². The van der Waals surface area contributed by atoms with E-state index in [0.29, 0.717) is 44.6 Å². The number of carbonyl (C=O) groups is 8. The van der Waals surface area contributed by atoms with Crippen LogP contribution in [0.1, 0.15) is 212 Å². The van der Waals surface area contributed by atoms with E-state index in [9.17, 15) is 48.6 Å². The number of carboxylic acid groups (broad SMARTS) is 3. The second-order valence-electron chi connectivity index (χ2n) is 25.5. The number of hydrogen-bond acceptors (Lipinski definition) is 12. The molecule has 0 spiro atoms. The number of hydrogen-bond donors (Lipinski definition) is 3. The maximum absolute atomic E-state index is 12.6. The highest BCUT2D eigenvalue weighted by Gasteiger charge is 2.21. The fraction of sp³-hybridized carbons (Fsp3) is 0.390. The minimum Gasteiger partial charge on any atom is -0.486 e. The van der Waals surface area contributed by atoms with E-state index >= 15 is 0 Å². The fourth-order valence-electron chi connectivity index (χ4n) is 11.9. The number of methoxy groups -OCH3 is 1. The van der Waals surface area contributed by atoms with Gasteiger partial charge >= 0.3 is 23.9 Å². The average molecular weight is 1360 g/mol. The molecule has 9 aromatic rings. The van der Waals surface area contributed by atoms with Gasteiger partial charge in [-0.15, -0.1) is 0 Å². The molecule has 0 aliphatic heterocycles. The van der Waals surface area contributed by atoms with Crippen LogP contribution in [-0.4, -0.2) is 103 Å². The molecule has 0 unspecified atom stereocenters. The molecule has 0 bridgehead atoms. The Balaban J connectivity index is 0.000000211. The van der Waals surface area contributed by atoms with Crippen LogP contribution in [-0.2, 0) is 58.0 Å². The number of carboxylic acids is 3. The number of aromatic nitrogens is 3. The first-order valence-corrected chi connectivity index (χ1v) is 35.2. The number of aromatic carboxylic acids is 3. The molecule has 9 rings (SSSR count). The van der Waals surface area contributed by atoms with Crippen molar-refractivity contribution in [3.63, 3.8) is 0 Å². The number of esters is 1. The summed E-state index contributed by atoms with van der Waals surface area (Å²) in [7, 11) is 1.25. The molecule has 18 nitrogen and oxygen atoms in total. The van der Waals surface area contributed by atoms with Crippen molar-refractivity contribution in [2.75, 3.05) is 26.9 Å². The predicted molar refractivity (Wildman–Crippen MR) is 390 cm³/mol. The zero-order valence-electron chi connectivity index (χ0n) is 58.6. The van der Waals surface area contributed by atoms with E-state index in [0.717, 1.165) is 30.2 Å². The molecule has 100 heavy (non-hydrogen) atoms. The Kier molecular flexibility index (Phi) is 31.4. The van der Waals surface area contributed by atoms with Crippen molar-refractivity contribution < 1.29 is 72.6 Å². The number of fused-ring (bicyclic) bond motifs is 3. The van der Waals surface area contributed by atoms with Crippen LogP contribution >= 0.6 is 0 Å². The molecule has 0 aliphatic carbocycles. The zero-order valence-corrected chi connectivity index (χ0v) is 58.6. The monoisotopic (exact) mass is 1360 g/mol. The van der Waals surface area contributed by atoms with Gasteiger partial charge in [0.2, 0.25) is 0 Å². The van der Waals surface area contributed by atoms with Gasteiger partial charge in [-0.1, -0.05) is 153 Å². The molecule has 3 heterocycles. The van der Waals surface area contributed by atoms with Crippen LogP contribution in [0.25, 0.3) is 32.7 Å². The summed E-state index contributed by atoms with van der Waals surface area (Å²) in [5.41, 5.74) is 6.86. The molecular weight excluding hydrogens is 1270 g/mol. The second kappa shape index (κ2) is 40.7. The molecule has 18 heteroatoms. The van der Waals surface area contributed by atoms with Gasteiger partial charge in [-0.3, -0.25) is 19.2 Å². The summed E-state index contributed by atoms with van der Waals surface area (Å²) >= 11 is 0. The summed E-state index contributed by atoms with van der Waals surface area (Å²) < 4.78 is 26.9.